The van der Waals surface area contributed by atoms with Crippen LogP contribution < -0.4 is 10.9 Å². The first kappa shape index (κ1) is 15.5. The van der Waals surface area contributed by atoms with E-state index in [0.29, 0.717) is 0 Å². The van der Waals surface area contributed by atoms with E-state index in [2.05, 4.69) is 37.7 Å². The summed E-state index contributed by atoms with van der Waals surface area (Å²) in [6, 6.07) is 10.5. The number of aromatic amines is 1. The van der Waals surface area contributed by atoms with Crippen molar-refractivity contribution in [2.45, 2.75) is 37.3 Å². The van der Waals surface area contributed by atoms with Crippen LogP contribution in [0.25, 0.3) is 0 Å². The highest BCUT2D eigenvalue weighted by Crippen LogP contribution is 2.46. The molecule has 2 aromatic heterocycles. The van der Waals surface area contributed by atoms with Gasteiger partial charge in [0.15, 0.2) is 0 Å². The average Bonchev–Trinajstić information content (AvgIpc) is 3.10. The fourth-order valence-corrected chi connectivity index (χ4v) is 4.46. The van der Waals surface area contributed by atoms with Crippen molar-refractivity contribution in [3.05, 3.63) is 75.2 Å². The summed E-state index contributed by atoms with van der Waals surface area (Å²) in [5.41, 5.74) is 3.99. The lowest BCUT2D eigenvalue weighted by molar-refractivity contribution is 0.326. The molecular formula is C19H20N6O. The van der Waals surface area contributed by atoms with Gasteiger partial charge in [0.1, 0.15) is 12.2 Å². The molecule has 0 radical (unpaired) electrons. The summed E-state index contributed by atoms with van der Waals surface area (Å²) >= 11 is 0. The van der Waals surface area contributed by atoms with Crippen molar-refractivity contribution in [3.63, 3.8) is 0 Å². The number of hydrogen-bond acceptors (Lipinski definition) is 5. The van der Waals surface area contributed by atoms with Crippen LogP contribution in [0.1, 0.15) is 59.1 Å². The molecule has 7 nitrogen and oxygen atoms in total. The second-order valence-corrected chi connectivity index (χ2v) is 7.05. The highest BCUT2D eigenvalue weighted by molar-refractivity contribution is 5.43. The number of H-pyrrole nitrogens is 1. The van der Waals surface area contributed by atoms with Gasteiger partial charge in [0, 0.05) is 30.3 Å². The van der Waals surface area contributed by atoms with Gasteiger partial charge in [-0.15, -0.1) is 0 Å². The van der Waals surface area contributed by atoms with Gasteiger partial charge in [-0.3, -0.25) is 9.48 Å². The second kappa shape index (κ2) is 5.88. The van der Waals surface area contributed by atoms with Crippen LogP contribution in [0, 0.1) is 0 Å². The van der Waals surface area contributed by atoms with Gasteiger partial charge in [-0.1, -0.05) is 30.3 Å². The number of nitrogens with zero attached hydrogens (tertiary/aromatic N) is 4. The zero-order valence-electron chi connectivity index (χ0n) is 14.5. The third-order valence-corrected chi connectivity index (χ3v) is 5.61. The fourth-order valence-electron chi connectivity index (χ4n) is 4.46. The molecule has 3 aromatic rings. The molecule has 0 bridgehead atoms. The average molecular weight is 348 g/mol. The minimum Gasteiger partial charge on any atom is -0.302 e. The molecular weight excluding hydrogens is 328 g/mol. The first-order valence-corrected chi connectivity index (χ1v) is 9.00. The van der Waals surface area contributed by atoms with Gasteiger partial charge in [-0.25, -0.2) is 10.1 Å². The molecule has 0 saturated heterocycles. The molecule has 3 atom stereocenters. The van der Waals surface area contributed by atoms with Crippen LogP contribution in [-0.4, -0.2) is 25.0 Å². The van der Waals surface area contributed by atoms with E-state index in [1.807, 2.05) is 25.2 Å². The predicted molar refractivity (Wildman–Crippen MR) is 95.7 cm³/mol. The molecule has 1 unspecified atom stereocenters. The van der Waals surface area contributed by atoms with Crippen molar-refractivity contribution in [1.82, 2.24) is 30.3 Å². The maximum Gasteiger partial charge on any atom is 0.267 e. The van der Waals surface area contributed by atoms with Crippen molar-refractivity contribution in [1.29, 1.82) is 0 Å². The van der Waals surface area contributed by atoms with E-state index in [1.165, 1.54) is 5.56 Å². The monoisotopic (exact) mass is 348 g/mol. The molecule has 1 aliphatic carbocycles. The molecule has 0 fully saturated rings. The van der Waals surface area contributed by atoms with Crippen LogP contribution >= 0.6 is 0 Å². The molecule has 0 saturated carbocycles. The lowest BCUT2D eigenvalue weighted by atomic mass is 9.76. The van der Waals surface area contributed by atoms with E-state index in [4.69, 9.17) is 0 Å². The molecule has 5 rings (SSSR count). The summed E-state index contributed by atoms with van der Waals surface area (Å²) in [6.07, 6.45) is 4.40. The Labute approximate surface area is 150 Å². The third kappa shape index (κ3) is 2.24. The van der Waals surface area contributed by atoms with Gasteiger partial charge in [-0.05, 0) is 24.8 Å². The molecule has 2 aliphatic rings. The highest BCUT2D eigenvalue weighted by Gasteiger charge is 2.42. The summed E-state index contributed by atoms with van der Waals surface area (Å²) < 4.78 is 1.80. The van der Waals surface area contributed by atoms with E-state index in [0.717, 1.165) is 41.9 Å². The Balaban J connectivity index is 1.76. The van der Waals surface area contributed by atoms with Crippen molar-refractivity contribution in [3.8, 4) is 0 Å². The molecule has 7 heteroatoms. The summed E-state index contributed by atoms with van der Waals surface area (Å²) in [6.45, 7) is 0. The van der Waals surface area contributed by atoms with E-state index >= 15 is 0 Å². The molecule has 1 aliphatic heterocycles. The summed E-state index contributed by atoms with van der Waals surface area (Å²) in [7, 11) is 1.90. The molecule has 26 heavy (non-hydrogen) atoms. The van der Waals surface area contributed by atoms with Crippen molar-refractivity contribution < 1.29 is 0 Å². The van der Waals surface area contributed by atoms with Crippen molar-refractivity contribution in [2.75, 3.05) is 0 Å². The zero-order valence-corrected chi connectivity index (χ0v) is 14.5. The Morgan fingerprint density at radius 2 is 2.08 bits per heavy atom. The number of benzene rings is 1. The van der Waals surface area contributed by atoms with Crippen LogP contribution in [-0.2, 0) is 13.5 Å². The quantitative estimate of drug-likeness (QED) is 0.737. The first-order chi connectivity index (χ1) is 12.7. The topological polar surface area (TPSA) is 88.5 Å². The van der Waals surface area contributed by atoms with Crippen LogP contribution in [0.2, 0.25) is 0 Å². The normalized spacial score (nSPS) is 24.3. The number of rotatable bonds is 2. The molecule has 2 N–H and O–H groups in total. The minimum absolute atomic E-state index is 0.0287. The Hall–Kier alpha value is -2.80. The minimum atomic E-state index is -0.107. The Bertz CT molecular complexity index is 1010. The number of hydrogen-bond donors (Lipinski definition) is 2. The molecule has 0 spiro atoms. The Morgan fingerprint density at radius 3 is 2.85 bits per heavy atom. The van der Waals surface area contributed by atoms with Gasteiger partial charge in [0.25, 0.3) is 5.56 Å². The van der Waals surface area contributed by atoms with Crippen molar-refractivity contribution >= 4 is 0 Å². The lowest BCUT2D eigenvalue weighted by Crippen LogP contribution is -2.42. The summed E-state index contributed by atoms with van der Waals surface area (Å²) in [4.78, 5) is 16.8. The Kier molecular flexibility index (Phi) is 3.49. The van der Waals surface area contributed by atoms with Gasteiger partial charge < -0.3 is 5.32 Å². The maximum absolute atomic E-state index is 12.3. The van der Waals surface area contributed by atoms with E-state index in [1.54, 1.807) is 11.0 Å². The van der Waals surface area contributed by atoms with Gasteiger partial charge in [0.05, 0.1) is 11.6 Å². The largest absolute Gasteiger partial charge is 0.302 e. The number of aromatic nitrogens is 5. The van der Waals surface area contributed by atoms with Crippen LogP contribution in [0.4, 0.5) is 0 Å². The summed E-state index contributed by atoms with van der Waals surface area (Å²) in [5, 5.41) is 15.3. The van der Waals surface area contributed by atoms with E-state index in [9.17, 15) is 4.79 Å². The zero-order chi connectivity index (χ0) is 17.7. The van der Waals surface area contributed by atoms with Gasteiger partial charge in [0.2, 0.25) is 0 Å². The highest BCUT2D eigenvalue weighted by atomic mass is 16.1. The lowest BCUT2D eigenvalue weighted by Gasteiger charge is -2.40. The molecule has 132 valence electrons. The Morgan fingerprint density at radius 1 is 1.23 bits per heavy atom. The van der Waals surface area contributed by atoms with Crippen LogP contribution in [0.15, 0.2) is 41.5 Å². The predicted octanol–water partition coefficient (Wildman–Crippen LogP) is 1.75. The van der Waals surface area contributed by atoms with Crippen LogP contribution in [0.3, 0.4) is 0 Å². The molecule has 0 amide bonds. The third-order valence-electron chi connectivity index (χ3n) is 5.61. The smallest absolute Gasteiger partial charge is 0.267 e. The first-order valence-electron chi connectivity index (χ1n) is 9.00. The van der Waals surface area contributed by atoms with E-state index < -0.39 is 0 Å². The molecule has 1 aromatic carbocycles. The number of aryl methyl sites for hydroxylation is 1. The number of nitrogens with one attached hydrogen (secondary N) is 2. The van der Waals surface area contributed by atoms with Gasteiger partial charge in [-0.2, -0.15) is 10.2 Å². The SMILES string of the molecule is Cn1ncnc1[C@H]1c2n[nH]c(=O)c3c2C(CCC3)N[C@H]1c1ccccc1. The summed E-state index contributed by atoms with van der Waals surface area (Å²) in [5.74, 6) is 0.738. The second-order valence-electron chi connectivity index (χ2n) is 7.05. The fraction of sp³-hybridized carbons (Fsp3) is 0.368. The molecule has 3 heterocycles. The van der Waals surface area contributed by atoms with Crippen molar-refractivity contribution in [2.24, 2.45) is 7.05 Å². The van der Waals surface area contributed by atoms with Crippen LogP contribution in [0.5, 0.6) is 0 Å². The van der Waals surface area contributed by atoms with E-state index in [-0.39, 0.29) is 23.6 Å². The standard InChI is InChI=1S/C19H20N6O/c1-25-18(20-10-21-25)15-16(11-6-3-2-4-7-11)22-13-9-5-8-12-14(13)17(15)23-24-19(12)26/h2-4,6-7,10,13,15-16,22H,5,8-9H2,1H3,(H,24,26)/t13?,15-,16+/m1/s1. The maximum atomic E-state index is 12.3. The van der Waals surface area contributed by atoms with Gasteiger partial charge >= 0.3 is 0 Å².